The van der Waals surface area contributed by atoms with Gasteiger partial charge < -0.3 is 10.1 Å². The number of hydrogen-bond acceptors (Lipinski definition) is 6. The van der Waals surface area contributed by atoms with Crippen molar-refractivity contribution in [3.63, 3.8) is 0 Å². The van der Waals surface area contributed by atoms with Crippen molar-refractivity contribution in [2.24, 2.45) is 0 Å². The smallest absolute Gasteiger partial charge is 0.305 e. The highest BCUT2D eigenvalue weighted by Crippen LogP contribution is 2.28. The van der Waals surface area contributed by atoms with Crippen LogP contribution in [0.1, 0.15) is 35.4 Å². The van der Waals surface area contributed by atoms with Gasteiger partial charge in [0.25, 0.3) is 5.91 Å². The van der Waals surface area contributed by atoms with Crippen LogP contribution >= 0.6 is 22.7 Å². The lowest BCUT2D eigenvalue weighted by Gasteiger charge is -2.03. The molecule has 1 amide bonds. The molecule has 0 aliphatic heterocycles. The molecule has 3 aromatic heterocycles. The number of nitrogens with zero attached hydrogens (tertiary/aromatic N) is 2. The van der Waals surface area contributed by atoms with E-state index in [0.29, 0.717) is 17.8 Å². The first-order valence-electron chi connectivity index (χ1n) is 7.39. The van der Waals surface area contributed by atoms with Crippen LogP contribution in [0.2, 0.25) is 0 Å². The van der Waals surface area contributed by atoms with Gasteiger partial charge in [0, 0.05) is 24.5 Å². The summed E-state index contributed by atoms with van der Waals surface area (Å²) in [5, 5.41) is 4.89. The molecule has 0 spiro atoms. The molecule has 0 atom stereocenters. The molecule has 0 bridgehead atoms. The highest BCUT2D eigenvalue weighted by molar-refractivity contribution is 7.21. The number of aromatic nitrogens is 2. The monoisotopic (exact) mass is 351 g/mol. The molecule has 0 aliphatic carbocycles. The van der Waals surface area contributed by atoms with Crippen molar-refractivity contribution in [3.05, 3.63) is 22.5 Å². The van der Waals surface area contributed by atoms with E-state index >= 15 is 0 Å². The lowest BCUT2D eigenvalue weighted by Crippen LogP contribution is -2.23. The van der Waals surface area contributed by atoms with Crippen molar-refractivity contribution < 1.29 is 14.3 Å². The third-order valence-electron chi connectivity index (χ3n) is 3.53. The number of carbonyl (C=O) groups is 2. The van der Waals surface area contributed by atoms with Crippen LogP contribution < -0.4 is 5.32 Å². The van der Waals surface area contributed by atoms with Gasteiger partial charge >= 0.3 is 5.97 Å². The second-order valence-electron chi connectivity index (χ2n) is 5.11. The average molecular weight is 351 g/mol. The minimum atomic E-state index is -0.184. The number of thiazole rings is 1. The summed E-state index contributed by atoms with van der Waals surface area (Å²) >= 11 is 2.99. The lowest BCUT2D eigenvalue weighted by atomic mass is 10.2. The lowest BCUT2D eigenvalue weighted by molar-refractivity contribution is -0.140. The van der Waals surface area contributed by atoms with E-state index in [1.807, 2.05) is 22.0 Å². The molecule has 3 heterocycles. The number of carbonyl (C=O) groups excluding carboxylic acids is 2. The SMILES string of the molecule is COC(=O)CCCCCNC(=O)c1cc2c(nc3sccn32)s1. The molecule has 0 fully saturated rings. The molecule has 0 saturated heterocycles. The summed E-state index contributed by atoms with van der Waals surface area (Å²) in [5.74, 6) is -0.249. The molecule has 3 rings (SSSR count). The maximum Gasteiger partial charge on any atom is 0.305 e. The summed E-state index contributed by atoms with van der Waals surface area (Å²) in [6.45, 7) is 0.608. The van der Waals surface area contributed by atoms with Crippen LogP contribution in [0.3, 0.4) is 0 Å². The number of esters is 1. The Morgan fingerprint density at radius 3 is 3.04 bits per heavy atom. The number of unbranched alkanes of at least 4 members (excludes halogenated alkanes) is 2. The Hall–Kier alpha value is -1.93. The van der Waals surface area contributed by atoms with Crippen LogP contribution in [-0.2, 0) is 9.53 Å². The van der Waals surface area contributed by atoms with Gasteiger partial charge in [-0.25, -0.2) is 4.98 Å². The van der Waals surface area contributed by atoms with E-state index < -0.39 is 0 Å². The van der Waals surface area contributed by atoms with Crippen LogP contribution in [-0.4, -0.2) is 34.9 Å². The number of imidazole rings is 1. The molecule has 0 aliphatic rings. The average Bonchev–Trinajstić information content (AvgIpc) is 3.21. The van der Waals surface area contributed by atoms with E-state index in [4.69, 9.17) is 0 Å². The largest absolute Gasteiger partial charge is 0.469 e. The van der Waals surface area contributed by atoms with Crippen molar-refractivity contribution >= 4 is 49.9 Å². The molecule has 3 aromatic rings. The van der Waals surface area contributed by atoms with Crippen molar-refractivity contribution in [3.8, 4) is 0 Å². The van der Waals surface area contributed by atoms with Crippen molar-refractivity contribution in [1.82, 2.24) is 14.7 Å². The summed E-state index contributed by atoms with van der Waals surface area (Å²) in [5.41, 5.74) is 0.981. The quantitative estimate of drug-likeness (QED) is 0.524. The first-order chi connectivity index (χ1) is 11.2. The van der Waals surface area contributed by atoms with Crippen LogP contribution in [0.4, 0.5) is 0 Å². The molecule has 1 N–H and O–H groups in total. The van der Waals surface area contributed by atoms with Gasteiger partial charge in [-0.3, -0.25) is 14.0 Å². The number of methoxy groups -OCH3 is 1. The molecule has 0 radical (unpaired) electrons. The number of rotatable bonds is 7. The summed E-state index contributed by atoms with van der Waals surface area (Å²) in [6, 6.07) is 1.89. The third-order valence-corrected chi connectivity index (χ3v) is 5.31. The zero-order chi connectivity index (χ0) is 16.2. The van der Waals surface area contributed by atoms with Gasteiger partial charge in [-0.05, 0) is 18.9 Å². The molecule has 6 nitrogen and oxygen atoms in total. The van der Waals surface area contributed by atoms with Gasteiger partial charge in [0.15, 0.2) is 4.96 Å². The highest BCUT2D eigenvalue weighted by Gasteiger charge is 2.14. The van der Waals surface area contributed by atoms with Gasteiger partial charge in [-0.2, -0.15) is 0 Å². The normalized spacial score (nSPS) is 11.2. The predicted octanol–water partition coefficient (Wildman–Crippen LogP) is 3.07. The van der Waals surface area contributed by atoms with Crippen LogP contribution in [0.5, 0.6) is 0 Å². The number of fused-ring (bicyclic) bond motifs is 3. The molecule has 0 saturated carbocycles. The van der Waals surface area contributed by atoms with E-state index in [0.717, 1.165) is 34.6 Å². The summed E-state index contributed by atoms with van der Waals surface area (Å²) in [7, 11) is 1.39. The number of ether oxygens (including phenoxy) is 1. The van der Waals surface area contributed by atoms with Crippen LogP contribution in [0.25, 0.3) is 15.3 Å². The number of amides is 1. The van der Waals surface area contributed by atoms with E-state index in [2.05, 4.69) is 15.0 Å². The minimum absolute atomic E-state index is 0.0649. The zero-order valence-electron chi connectivity index (χ0n) is 12.7. The van der Waals surface area contributed by atoms with Gasteiger partial charge in [0.05, 0.1) is 17.5 Å². The molecular weight excluding hydrogens is 334 g/mol. The number of thiophene rings is 1. The maximum atomic E-state index is 12.2. The molecular formula is C15H17N3O3S2. The van der Waals surface area contributed by atoms with E-state index in [9.17, 15) is 9.59 Å². The van der Waals surface area contributed by atoms with Crippen molar-refractivity contribution in [2.75, 3.05) is 13.7 Å². The van der Waals surface area contributed by atoms with Gasteiger partial charge in [0.2, 0.25) is 0 Å². The number of hydrogen-bond donors (Lipinski definition) is 1. The van der Waals surface area contributed by atoms with Gasteiger partial charge in [0.1, 0.15) is 4.83 Å². The fourth-order valence-electron chi connectivity index (χ4n) is 2.32. The van der Waals surface area contributed by atoms with E-state index in [1.54, 1.807) is 11.3 Å². The van der Waals surface area contributed by atoms with E-state index in [1.165, 1.54) is 18.4 Å². The topological polar surface area (TPSA) is 72.7 Å². The summed E-state index contributed by atoms with van der Waals surface area (Å²) < 4.78 is 6.58. The second-order valence-corrected chi connectivity index (χ2v) is 7.01. The van der Waals surface area contributed by atoms with Gasteiger partial charge in [-0.1, -0.05) is 6.42 Å². The Morgan fingerprint density at radius 2 is 2.22 bits per heavy atom. The second kappa shape index (κ2) is 7.10. The van der Waals surface area contributed by atoms with Gasteiger partial charge in [-0.15, -0.1) is 22.7 Å². The Morgan fingerprint density at radius 1 is 1.35 bits per heavy atom. The first kappa shape index (κ1) is 15.9. The molecule has 0 unspecified atom stereocenters. The summed E-state index contributed by atoms with van der Waals surface area (Å²) in [4.78, 5) is 30.2. The Bertz CT molecular complexity index is 833. The van der Waals surface area contributed by atoms with Crippen LogP contribution in [0, 0.1) is 0 Å². The van der Waals surface area contributed by atoms with Crippen molar-refractivity contribution in [2.45, 2.75) is 25.7 Å². The predicted molar refractivity (Wildman–Crippen MR) is 91.3 cm³/mol. The fraction of sp³-hybridized carbons (Fsp3) is 0.400. The maximum absolute atomic E-state index is 12.2. The van der Waals surface area contributed by atoms with Crippen molar-refractivity contribution in [1.29, 1.82) is 0 Å². The standard InChI is InChI=1S/C15H17N3O3S2/c1-21-12(19)5-3-2-4-6-16-13(20)11-9-10-14(23-11)17-15-18(10)7-8-22-15/h7-9H,2-6H2,1H3,(H,16,20). The third kappa shape index (κ3) is 3.53. The molecule has 122 valence electrons. The summed E-state index contributed by atoms with van der Waals surface area (Å²) in [6.07, 6.45) is 4.92. The molecule has 0 aromatic carbocycles. The Balaban J connectivity index is 1.48. The fourth-order valence-corrected chi connectivity index (χ4v) is 4.04. The molecule has 8 heteroatoms. The molecule has 23 heavy (non-hydrogen) atoms. The minimum Gasteiger partial charge on any atom is -0.469 e. The Kier molecular flexibility index (Phi) is 4.92. The Labute approximate surface area is 141 Å². The van der Waals surface area contributed by atoms with E-state index in [-0.39, 0.29) is 11.9 Å². The first-order valence-corrected chi connectivity index (χ1v) is 9.09. The number of nitrogens with one attached hydrogen (secondary N) is 1. The highest BCUT2D eigenvalue weighted by atomic mass is 32.1. The van der Waals surface area contributed by atoms with Crippen LogP contribution in [0.15, 0.2) is 17.6 Å². The zero-order valence-corrected chi connectivity index (χ0v) is 14.3.